The molecule has 0 saturated carbocycles. The first-order valence-corrected chi connectivity index (χ1v) is 4.29. The average molecular weight is 241 g/mol. The van der Waals surface area contributed by atoms with Gasteiger partial charge in [-0.2, -0.15) is 0 Å². The first kappa shape index (κ1) is 11.8. The summed E-state index contributed by atoms with van der Waals surface area (Å²) in [6.07, 6.45) is 0. The van der Waals surface area contributed by atoms with E-state index in [9.17, 15) is 0 Å². The van der Waals surface area contributed by atoms with Crippen LogP contribution in [0.15, 0.2) is 30.3 Å². The molecule has 0 aromatic heterocycles. The second-order valence-electron chi connectivity index (χ2n) is 1.85. The molecule has 0 saturated heterocycles. The smallest absolute Gasteiger partial charge is 0.119 e. The summed E-state index contributed by atoms with van der Waals surface area (Å²) in [7, 11) is 0. The topological polar surface area (TPSA) is 9.23 Å². The summed E-state index contributed by atoms with van der Waals surface area (Å²) in [5, 5.41) is 0.877. The average Bonchev–Trinajstić information content (AvgIpc) is 2.03. The van der Waals surface area contributed by atoms with Gasteiger partial charge in [0.2, 0.25) is 0 Å². The van der Waals surface area contributed by atoms with Gasteiger partial charge in [0.25, 0.3) is 0 Å². The number of ether oxygens (including phenoxy) is 1. The molecule has 1 aromatic carbocycles. The van der Waals surface area contributed by atoms with E-state index in [-0.39, 0.29) is 37.7 Å². The molecule has 0 spiro atoms. The molecule has 62 valence electrons. The SMILES string of the molecule is BrCCOc1ccccc1.[Ar]. The van der Waals surface area contributed by atoms with Crippen molar-refractivity contribution < 1.29 is 42.5 Å². The summed E-state index contributed by atoms with van der Waals surface area (Å²) in [6, 6.07) is 9.79. The van der Waals surface area contributed by atoms with Crippen LogP contribution >= 0.6 is 15.9 Å². The number of hydrogen-bond acceptors (Lipinski definition) is 1. The Hall–Kier alpha value is 0.760. The van der Waals surface area contributed by atoms with Gasteiger partial charge in [-0.3, -0.25) is 0 Å². The maximum absolute atomic E-state index is 5.31. The molecule has 0 atom stereocenters. The molecule has 0 unspecified atom stereocenters. The fraction of sp³-hybridized carbons (Fsp3) is 0.250. The third kappa shape index (κ3) is 5.07. The Morgan fingerprint density at radius 3 is 2.36 bits per heavy atom. The van der Waals surface area contributed by atoms with Crippen molar-refractivity contribution in [2.24, 2.45) is 0 Å². The van der Waals surface area contributed by atoms with Gasteiger partial charge in [-0.25, -0.2) is 0 Å². The van der Waals surface area contributed by atoms with Gasteiger partial charge in [0.1, 0.15) is 5.75 Å². The van der Waals surface area contributed by atoms with Crippen molar-refractivity contribution in [3.8, 4) is 5.75 Å². The molecule has 0 aliphatic rings. The van der Waals surface area contributed by atoms with E-state index < -0.39 is 0 Å². The van der Waals surface area contributed by atoms with Crippen molar-refractivity contribution in [2.75, 3.05) is 11.9 Å². The Kier molecular flexibility index (Phi) is 7.92. The number of para-hydroxylation sites is 1. The van der Waals surface area contributed by atoms with Gasteiger partial charge in [0, 0.05) is 43.1 Å². The van der Waals surface area contributed by atoms with Crippen LogP contribution in [0.1, 0.15) is 0 Å². The summed E-state index contributed by atoms with van der Waals surface area (Å²) in [5.41, 5.74) is 0. The molecular weight excluding hydrogens is 232 g/mol. The summed E-state index contributed by atoms with van der Waals surface area (Å²) in [6.45, 7) is 0.726. The first-order chi connectivity index (χ1) is 4.93. The third-order valence-electron chi connectivity index (χ3n) is 1.09. The van der Waals surface area contributed by atoms with Crippen LogP contribution in [0.2, 0.25) is 0 Å². The normalized spacial score (nSPS) is 8.45. The molecule has 0 bridgehead atoms. The van der Waals surface area contributed by atoms with E-state index in [1.54, 1.807) is 0 Å². The van der Waals surface area contributed by atoms with Gasteiger partial charge < -0.3 is 4.74 Å². The molecule has 0 amide bonds. The summed E-state index contributed by atoms with van der Waals surface area (Å²) >= 11 is 3.28. The molecule has 1 aromatic rings. The Morgan fingerprint density at radius 2 is 1.82 bits per heavy atom. The van der Waals surface area contributed by atoms with Crippen molar-refractivity contribution in [1.29, 1.82) is 0 Å². The maximum Gasteiger partial charge on any atom is 0.119 e. The quantitative estimate of drug-likeness (QED) is 0.738. The molecule has 0 fully saturated rings. The largest absolute Gasteiger partial charge is 0.493 e. The Morgan fingerprint density at radius 1 is 1.18 bits per heavy atom. The van der Waals surface area contributed by atoms with Crippen molar-refractivity contribution in [3.05, 3.63) is 30.3 Å². The number of alkyl halides is 1. The summed E-state index contributed by atoms with van der Waals surface area (Å²) < 4.78 is 5.31. The molecular formula is C8H9ArBrO. The van der Waals surface area contributed by atoms with E-state index in [1.165, 1.54) is 0 Å². The van der Waals surface area contributed by atoms with Gasteiger partial charge >= 0.3 is 0 Å². The maximum atomic E-state index is 5.31. The molecule has 1 rings (SSSR count). The van der Waals surface area contributed by atoms with Crippen molar-refractivity contribution in [2.45, 2.75) is 0 Å². The standard InChI is InChI=1S/C8H9BrO.Ar/c9-6-7-10-8-4-2-1-3-5-8;/h1-5H,6-7H2;. The number of hydrogen-bond donors (Lipinski definition) is 0. The van der Waals surface area contributed by atoms with Gasteiger partial charge in [-0.05, 0) is 12.1 Å². The minimum Gasteiger partial charge on any atom is -0.493 e. The first-order valence-electron chi connectivity index (χ1n) is 3.17. The molecule has 3 heteroatoms. The van der Waals surface area contributed by atoms with Crippen LogP contribution in [0.4, 0.5) is 0 Å². The van der Waals surface area contributed by atoms with E-state index >= 15 is 0 Å². The molecule has 0 heterocycles. The number of halogens is 1. The van der Waals surface area contributed by atoms with Crippen LogP contribution < -0.4 is 4.74 Å². The third-order valence-corrected chi connectivity index (χ3v) is 1.41. The van der Waals surface area contributed by atoms with Gasteiger partial charge in [-0.15, -0.1) is 0 Å². The van der Waals surface area contributed by atoms with Gasteiger partial charge in [0.05, 0.1) is 6.61 Å². The second-order valence-corrected chi connectivity index (χ2v) is 2.64. The summed E-state index contributed by atoms with van der Waals surface area (Å²) in [5.74, 6) is 0.932. The van der Waals surface area contributed by atoms with E-state index in [0.717, 1.165) is 17.7 Å². The number of rotatable bonds is 3. The zero-order chi connectivity index (χ0) is 7.23. The second kappa shape index (κ2) is 7.41. The molecule has 0 N–H and O–H groups in total. The minimum absolute atomic E-state index is 0. The van der Waals surface area contributed by atoms with Crippen LogP contribution in [0.3, 0.4) is 0 Å². The van der Waals surface area contributed by atoms with Crippen LogP contribution in [0, 0.1) is 37.7 Å². The van der Waals surface area contributed by atoms with E-state index in [1.807, 2.05) is 30.3 Å². The molecule has 11 heavy (non-hydrogen) atoms. The fourth-order valence-corrected chi connectivity index (χ4v) is 0.835. The van der Waals surface area contributed by atoms with Crippen molar-refractivity contribution in [1.82, 2.24) is 0 Å². The molecule has 0 radical (unpaired) electrons. The molecule has 0 aliphatic heterocycles. The fourth-order valence-electron chi connectivity index (χ4n) is 0.673. The summed E-state index contributed by atoms with van der Waals surface area (Å²) in [4.78, 5) is 0. The van der Waals surface area contributed by atoms with Crippen molar-refractivity contribution >= 4 is 15.9 Å². The monoisotopic (exact) mass is 240 g/mol. The van der Waals surface area contributed by atoms with Crippen LogP contribution in [0.25, 0.3) is 0 Å². The molecule has 1 nitrogen and oxygen atoms in total. The Balaban J connectivity index is 0.000001000. The van der Waals surface area contributed by atoms with Crippen molar-refractivity contribution in [3.63, 3.8) is 0 Å². The zero-order valence-corrected chi connectivity index (χ0v) is 8.23. The van der Waals surface area contributed by atoms with E-state index in [4.69, 9.17) is 4.74 Å². The van der Waals surface area contributed by atoms with Gasteiger partial charge in [-0.1, -0.05) is 34.1 Å². The van der Waals surface area contributed by atoms with Gasteiger partial charge in [0.15, 0.2) is 0 Å². The van der Waals surface area contributed by atoms with Crippen LogP contribution in [0.5, 0.6) is 5.75 Å². The minimum atomic E-state index is 0. The predicted molar refractivity (Wildman–Crippen MR) is 45.7 cm³/mol. The molecule has 0 aliphatic carbocycles. The zero-order valence-electron chi connectivity index (χ0n) is 5.94. The predicted octanol–water partition coefficient (Wildman–Crippen LogP) is 2.46. The number of benzene rings is 1. The van der Waals surface area contributed by atoms with E-state index in [0.29, 0.717) is 0 Å². The Bertz CT molecular complexity index is 179. The van der Waals surface area contributed by atoms with Crippen LogP contribution in [-0.2, 0) is 0 Å². The van der Waals surface area contributed by atoms with E-state index in [2.05, 4.69) is 15.9 Å². The van der Waals surface area contributed by atoms with Crippen LogP contribution in [-0.4, -0.2) is 11.9 Å². The Labute approximate surface area is 105 Å².